The molecule has 3 aliphatic rings. The number of allylic oxidation sites excluding steroid dienone is 4. The maximum atomic E-state index is 12.6. The molecule has 0 spiro atoms. The van der Waals surface area contributed by atoms with Gasteiger partial charge in [-0.3, -0.25) is 4.79 Å². The zero-order valence-electron chi connectivity index (χ0n) is 20.9. The minimum absolute atomic E-state index is 0.111. The molecule has 8 nitrogen and oxygen atoms in total. The van der Waals surface area contributed by atoms with Crippen LogP contribution in [-0.4, -0.2) is 55.0 Å². The Bertz CT molecular complexity index is 1210. The van der Waals surface area contributed by atoms with E-state index in [1.165, 1.54) is 5.70 Å². The SMILES string of the molecule is COc1cccc(Oc2ccc(NC(=O)NC3=CC=C(N4CCC(N(C)C(C)=O)C4)C4CC34)cc2)c1. The van der Waals surface area contributed by atoms with Crippen molar-refractivity contribution in [3.8, 4) is 17.2 Å². The first-order valence-corrected chi connectivity index (χ1v) is 12.3. The molecular weight excluding hydrogens is 456 g/mol. The maximum Gasteiger partial charge on any atom is 0.323 e. The maximum absolute atomic E-state index is 12.6. The molecular formula is C28H32N4O4. The zero-order valence-corrected chi connectivity index (χ0v) is 20.9. The fourth-order valence-corrected chi connectivity index (χ4v) is 5.01. The molecule has 36 heavy (non-hydrogen) atoms. The number of rotatable bonds is 7. The largest absolute Gasteiger partial charge is 0.497 e. The highest BCUT2D eigenvalue weighted by Gasteiger charge is 2.47. The molecule has 2 N–H and O–H groups in total. The van der Waals surface area contributed by atoms with Crippen LogP contribution in [0, 0.1) is 11.8 Å². The third-order valence-electron chi connectivity index (χ3n) is 7.22. The summed E-state index contributed by atoms with van der Waals surface area (Å²) in [5.74, 6) is 2.98. The third-order valence-corrected chi connectivity index (χ3v) is 7.22. The highest BCUT2D eigenvalue weighted by atomic mass is 16.5. The quantitative estimate of drug-likeness (QED) is 0.596. The number of anilines is 1. The number of hydrogen-bond donors (Lipinski definition) is 2. The van der Waals surface area contributed by atoms with Gasteiger partial charge in [-0.1, -0.05) is 6.07 Å². The van der Waals surface area contributed by atoms with Gasteiger partial charge in [0.2, 0.25) is 5.91 Å². The van der Waals surface area contributed by atoms with E-state index in [1.807, 2.05) is 66.6 Å². The number of ether oxygens (including phenoxy) is 2. The van der Waals surface area contributed by atoms with Crippen molar-refractivity contribution >= 4 is 17.6 Å². The molecule has 2 fully saturated rings. The first-order valence-electron chi connectivity index (χ1n) is 12.3. The number of fused-ring (bicyclic) bond motifs is 1. The van der Waals surface area contributed by atoms with E-state index in [2.05, 4.69) is 21.6 Å². The van der Waals surface area contributed by atoms with Crippen LogP contribution in [0.1, 0.15) is 19.8 Å². The van der Waals surface area contributed by atoms with Crippen LogP contribution in [0.5, 0.6) is 17.2 Å². The molecule has 2 aliphatic carbocycles. The molecule has 2 aromatic carbocycles. The number of amides is 3. The molecule has 3 unspecified atom stereocenters. The number of methoxy groups -OCH3 is 1. The van der Waals surface area contributed by atoms with Crippen LogP contribution in [0.3, 0.4) is 0 Å². The number of carbonyl (C=O) groups excluding carboxylic acids is 2. The van der Waals surface area contributed by atoms with Gasteiger partial charge in [-0.15, -0.1) is 0 Å². The number of carbonyl (C=O) groups is 2. The number of nitrogens with zero attached hydrogens (tertiary/aromatic N) is 2. The smallest absolute Gasteiger partial charge is 0.323 e. The van der Waals surface area contributed by atoms with Crippen molar-refractivity contribution < 1.29 is 19.1 Å². The Balaban J connectivity index is 1.15. The second kappa shape index (κ2) is 9.97. The summed E-state index contributed by atoms with van der Waals surface area (Å²) in [4.78, 5) is 28.6. The van der Waals surface area contributed by atoms with Gasteiger partial charge in [0.15, 0.2) is 0 Å². The molecule has 1 saturated heterocycles. The van der Waals surface area contributed by atoms with E-state index in [-0.39, 0.29) is 18.0 Å². The topological polar surface area (TPSA) is 83.1 Å². The van der Waals surface area contributed by atoms with Crippen molar-refractivity contribution in [2.24, 2.45) is 11.8 Å². The van der Waals surface area contributed by atoms with Crippen molar-refractivity contribution in [2.75, 3.05) is 32.6 Å². The minimum atomic E-state index is -0.255. The van der Waals surface area contributed by atoms with Crippen LogP contribution in [0.2, 0.25) is 0 Å². The van der Waals surface area contributed by atoms with Crippen molar-refractivity contribution in [1.29, 1.82) is 0 Å². The van der Waals surface area contributed by atoms with Crippen molar-refractivity contribution in [3.05, 3.63) is 72.1 Å². The van der Waals surface area contributed by atoms with E-state index in [4.69, 9.17) is 9.47 Å². The molecule has 2 aromatic rings. The summed E-state index contributed by atoms with van der Waals surface area (Å²) in [6, 6.07) is 14.7. The average molecular weight is 489 g/mol. The molecule has 0 aromatic heterocycles. The van der Waals surface area contributed by atoms with E-state index < -0.39 is 0 Å². The lowest BCUT2D eigenvalue weighted by Crippen LogP contribution is -2.37. The Morgan fingerprint density at radius 2 is 1.78 bits per heavy atom. The van der Waals surface area contributed by atoms with Gasteiger partial charge in [0.25, 0.3) is 0 Å². The van der Waals surface area contributed by atoms with Crippen molar-refractivity contribution in [3.63, 3.8) is 0 Å². The summed E-state index contributed by atoms with van der Waals surface area (Å²) < 4.78 is 11.1. The molecule has 8 heteroatoms. The zero-order chi connectivity index (χ0) is 25.2. The lowest BCUT2D eigenvalue weighted by atomic mass is 10.1. The van der Waals surface area contributed by atoms with Crippen LogP contribution in [0.15, 0.2) is 72.1 Å². The van der Waals surface area contributed by atoms with Gasteiger partial charge in [0.1, 0.15) is 17.2 Å². The number of hydrogen-bond acceptors (Lipinski definition) is 5. The standard InChI is InChI=1S/C28H32N4O4/c1-18(33)31(2)20-13-14-32(17-20)27-12-11-26(24-16-25(24)27)30-28(34)29-19-7-9-21(10-8-19)36-23-6-4-5-22(15-23)35-3/h4-12,15,20,24-25H,13-14,16-17H2,1-3H3,(H2,29,30,34). The van der Waals surface area contributed by atoms with Crippen LogP contribution < -0.4 is 20.1 Å². The molecule has 0 radical (unpaired) electrons. The molecule has 5 rings (SSSR count). The van der Waals surface area contributed by atoms with Crippen LogP contribution in [-0.2, 0) is 4.79 Å². The Hall–Kier alpha value is -3.94. The predicted octanol–water partition coefficient (Wildman–Crippen LogP) is 4.58. The molecule has 188 valence electrons. The van der Waals surface area contributed by atoms with Crippen molar-refractivity contribution in [2.45, 2.75) is 25.8 Å². The lowest BCUT2D eigenvalue weighted by molar-refractivity contribution is -0.129. The van der Waals surface area contributed by atoms with E-state index in [0.717, 1.165) is 37.4 Å². The highest BCUT2D eigenvalue weighted by Crippen LogP contribution is 2.51. The van der Waals surface area contributed by atoms with Gasteiger partial charge < -0.3 is 29.9 Å². The fourth-order valence-electron chi connectivity index (χ4n) is 5.01. The number of urea groups is 1. The molecule has 1 heterocycles. The molecule has 3 atom stereocenters. The van der Waals surface area contributed by atoms with Crippen molar-refractivity contribution in [1.82, 2.24) is 15.1 Å². The molecule has 0 bridgehead atoms. The van der Waals surface area contributed by atoms with Gasteiger partial charge in [-0.2, -0.15) is 0 Å². The number of likely N-dealkylation sites (tertiary alicyclic amines) is 1. The summed E-state index contributed by atoms with van der Waals surface area (Å²) in [7, 11) is 3.50. The van der Waals surface area contributed by atoms with Gasteiger partial charge in [0, 0.05) is 62.0 Å². The summed E-state index contributed by atoms with van der Waals surface area (Å²) in [5, 5.41) is 5.93. The van der Waals surface area contributed by atoms with Gasteiger partial charge in [-0.25, -0.2) is 4.79 Å². The molecule has 1 saturated carbocycles. The monoisotopic (exact) mass is 488 g/mol. The Kier molecular flexibility index (Phi) is 6.59. The summed E-state index contributed by atoms with van der Waals surface area (Å²) >= 11 is 0. The minimum Gasteiger partial charge on any atom is -0.497 e. The molecule has 1 aliphatic heterocycles. The Morgan fingerprint density at radius 3 is 2.53 bits per heavy atom. The Labute approximate surface area is 211 Å². The second-order valence-corrected chi connectivity index (χ2v) is 9.57. The lowest BCUT2D eigenvalue weighted by Gasteiger charge is -2.27. The van der Waals surface area contributed by atoms with Gasteiger partial charge >= 0.3 is 6.03 Å². The average Bonchev–Trinajstić information content (AvgIpc) is 3.54. The van der Waals surface area contributed by atoms with Gasteiger partial charge in [-0.05, 0) is 61.4 Å². The second-order valence-electron chi connectivity index (χ2n) is 9.57. The van der Waals surface area contributed by atoms with E-state index in [1.54, 1.807) is 14.0 Å². The number of nitrogens with one attached hydrogen (secondary N) is 2. The van der Waals surface area contributed by atoms with Crippen LogP contribution in [0.4, 0.5) is 10.5 Å². The summed E-state index contributed by atoms with van der Waals surface area (Å²) in [5.41, 5.74) is 2.97. The van der Waals surface area contributed by atoms with Crippen LogP contribution >= 0.6 is 0 Å². The Morgan fingerprint density at radius 1 is 1.00 bits per heavy atom. The van der Waals surface area contributed by atoms with E-state index >= 15 is 0 Å². The van der Waals surface area contributed by atoms with Crippen LogP contribution in [0.25, 0.3) is 0 Å². The first-order chi connectivity index (χ1) is 17.4. The summed E-state index contributed by atoms with van der Waals surface area (Å²) in [6.45, 7) is 3.46. The number of likely N-dealkylation sites (N-methyl/N-ethyl adjacent to an activating group) is 1. The predicted molar refractivity (Wildman–Crippen MR) is 138 cm³/mol. The normalized spacial score (nSPS) is 22.1. The molecule has 3 amide bonds. The van der Waals surface area contributed by atoms with E-state index in [0.29, 0.717) is 29.0 Å². The first kappa shape index (κ1) is 23.8. The fraction of sp³-hybridized carbons (Fsp3) is 0.357. The number of benzene rings is 2. The highest BCUT2D eigenvalue weighted by molar-refractivity contribution is 5.90. The third kappa shape index (κ3) is 5.17. The van der Waals surface area contributed by atoms with E-state index in [9.17, 15) is 9.59 Å². The summed E-state index contributed by atoms with van der Waals surface area (Å²) in [6.07, 6.45) is 6.18. The van der Waals surface area contributed by atoms with Gasteiger partial charge in [0.05, 0.1) is 13.2 Å².